The SMILES string of the molecule is CNc1c(Cl)ccc2c1CCCN2C(=O)c1ccc(NC(=O)c2ccccc2C)cc1. The molecule has 0 bridgehead atoms. The van der Waals surface area contributed by atoms with E-state index in [-0.39, 0.29) is 11.8 Å². The van der Waals surface area contributed by atoms with E-state index in [1.54, 1.807) is 35.2 Å². The molecule has 0 aliphatic carbocycles. The maximum absolute atomic E-state index is 13.2. The van der Waals surface area contributed by atoms with E-state index in [0.29, 0.717) is 28.4 Å². The number of nitrogens with one attached hydrogen (secondary N) is 2. The van der Waals surface area contributed by atoms with Gasteiger partial charge in [0.15, 0.2) is 0 Å². The highest BCUT2D eigenvalue weighted by atomic mass is 35.5. The van der Waals surface area contributed by atoms with Gasteiger partial charge < -0.3 is 15.5 Å². The van der Waals surface area contributed by atoms with Gasteiger partial charge >= 0.3 is 0 Å². The first-order chi connectivity index (χ1) is 15.0. The zero-order valence-corrected chi connectivity index (χ0v) is 18.3. The van der Waals surface area contributed by atoms with E-state index in [1.165, 1.54) is 0 Å². The quantitative estimate of drug-likeness (QED) is 0.568. The molecule has 0 saturated carbocycles. The predicted octanol–water partition coefficient (Wildman–Crippen LogP) is 5.54. The minimum absolute atomic E-state index is 0.0675. The minimum atomic E-state index is -0.168. The van der Waals surface area contributed by atoms with Crippen LogP contribution in [-0.2, 0) is 6.42 Å². The molecule has 4 rings (SSSR count). The molecular formula is C25H24ClN3O2. The summed E-state index contributed by atoms with van der Waals surface area (Å²) in [7, 11) is 1.84. The van der Waals surface area contributed by atoms with E-state index in [1.807, 2.05) is 44.3 Å². The van der Waals surface area contributed by atoms with Crippen molar-refractivity contribution in [2.24, 2.45) is 0 Å². The normalized spacial score (nSPS) is 12.8. The number of carbonyl (C=O) groups excluding carboxylic acids is 2. The highest BCUT2D eigenvalue weighted by molar-refractivity contribution is 6.33. The summed E-state index contributed by atoms with van der Waals surface area (Å²) in [6.45, 7) is 2.56. The molecule has 2 amide bonds. The average Bonchev–Trinajstić information content (AvgIpc) is 2.79. The molecule has 0 saturated heterocycles. The monoisotopic (exact) mass is 433 g/mol. The van der Waals surface area contributed by atoms with E-state index in [0.717, 1.165) is 35.3 Å². The zero-order chi connectivity index (χ0) is 22.0. The van der Waals surface area contributed by atoms with Gasteiger partial charge in [-0.15, -0.1) is 0 Å². The van der Waals surface area contributed by atoms with Crippen molar-refractivity contribution in [3.05, 3.63) is 87.9 Å². The minimum Gasteiger partial charge on any atom is -0.387 e. The van der Waals surface area contributed by atoms with Crippen LogP contribution in [0.5, 0.6) is 0 Å². The third-order valence-corrected chi connectivity index (χ3v) is 5.93. The first-order valence-electron chi connectivity index (χ1n) is 10.3. The number of benzene rings is 3. The van der Waals surface area contributed by atoms with E-state index < -0.39 is 0 Å². The molecule has 6 heteroatoms. The fraction of sp³-hybridized carbons (Fsp3) is 0.200. The highest BCUT2D eigenvalue weighted by Gasteiger charge is 2.26. The summed E-state index contributed by atoms with van der Waals surface area (Å²) in [6.07, 6.45) is 1.75. The maximum atomic E-state index is 13.2. The third kappa shape index (κ3) is 4.14. The van der Waals surface area contributed by atoms with Crippen LogP contribution < -0.4 is 15.5 Å². The Bertz CT molecular complexity index is 1140. The number of rotatable bonds is 4. The molecule has 3 aromatic rings. The van der Waals surface area contributed by atoms with Gasteiger partial charge in [0.1, 0.15) is 0 Å². The second-order valence-electron chi connectivity index (χ2n) is 7.58. The van der Waals surface area contributed by atoms with E-state index in [9.17, 15) is 9.59 Å². The largest absolute Gasteiger partial charge is 0.387 e. The lowest BCUT2D eigenvalue weighted by atomic mass is 9.98. The fourth-order valence-electron chi connectivity index (χ4n) is 4.01. The van der Waals surface area contributed by atoms with Crippen LogP contribution in [0.1, 0.15) is 38.3 Å². The molecule has 0 atom stereocenters. The molecule has 5 nitrogen and oxygen atoms in total. The number of amides is 2. The van der Waals surface area contributed by atoms with E-state index in [4.69, 9.17) is 11.6 Å². The molecule has 1 heterocycles. The van der Waals surface area contributed by atoms with Gasteiger partial charge in [0.05, 0.1) is 10.7 Å². The summed E-state index contributed by atoms with van der Waals surface area (Å²) in [5, 5.41) is 6.71. The Kier molecular flexibility index (Phi) is 5.96. The van der Waals surface area contributed by atoms with Crippen LogP contribution in [0.3, 0.4) is 0 Å². The number of hydrogen-bond donors (Lipinski definition) is 2. The Balaban J connectivity index is 1.54. The van der Waals surface area contributed by atoms with Crippen LogP contribution in [0.15, 0.2) is 60.7 Å². The van der Waals surface area contributed by atoms with Crippen molar-refractivity contribution >= 4 is 40.5 Å². The second kappa shape index (κ2) is 8.82. The number of nitrogens with zero attached hydrogens (tertiary/aromatic N) is 1. The number of anilines is 3. The maximum Gasteiger partial charge on any atom is 0.258 e. The van der Waals surface area contributed by atoms with Gasteiger partial charge in [-0.3, -0.25) is 9.59 Å². The van der Waals surface area contributed by atoms with Gasteiger partial charge in [-0.25, -0.2) is 0 Å². The molecule has 31 heavy (non-hydrogen) atoms. The van der Waals surface area contributed by atoms with Gasteiger partial charge in [-0.1, -0.05) is 29.8 Å². The van der Waals surface area contributed by atoms with Crippen LogP contribution in [0.4, 0.5) is 17.1 Å². The molecule has 0 radical (unpaired) electrons. The van der Waals surface area contributed by atoms with Gasteiger partial charge in [0.25, 0.3) is 11.8 Å². The molecule has 1 aliphatic rings. The molecule has 2 N–H and O–H groups in total. The van der Waals surface area contributed by atoms with Gasteiger partial charge in [-0.2, -0.15) is 0 Å². The number of hydrogen-bond acceptors (Lipinski definition) is 3. The van der Waals surface area contributed by atoms with Gasteiger partial charge in [0, 0.05) is 41.7 Å². The van der Waals surface area contributed by atoms with Crippen molar-refractivity contribution in [3.8, 4) is 0 Å². The lowest BCUT2D eigenvalue weighted by Gasteiger charge is -2.31. The van der Waals surface area contributed by atoms with Crippen molar-refractivity contribution in [1.29, 1.82) is 0 Å². The first-order valence-corrected chi connectivity index (χ1v) is 10.7. The number of aryl methyl sites for hydroxylation is 1. The third-order valence-electron chi connectivity index (χ3n) is 5.61. The number of carbonyl (C=O) groups is 2. The number of fused-ring (bicyclic) bond motifs is 1. The van der Waals surface area contributed by atoms with E-state index >= 15 is 0 Å². The summed E-state index contributed by atoms with van der Waals surface area (Å²) >= 11 is 6.32. The van der Waals surface area contributed by atoms with Gasteiger partial charge in [-0.05, 0) is 67.8 Å². The summed E-state index contributed by atoms with van der Waals surface area (Å²) in [6, 6.07) is 18.2. The Labute approximate surface area is 187 Å². The van der Waals surface area contributed by atoms with Crippen molar-refractivity contribution in [1.82, 2.24) is 0 Å². The van der Waals surface area contributed by atoms with Crippen LogP contribution in [0, 0.1) is 6.92 Å². The lowest BCUT2D eigenvalue weighted by Crippen LogP contribution is -2.35. The van der Waals surface area contributed by atoms with Crippen LogP contribution >= 0.6 is 11.6 Å². The lowest BCUT2D eigenvalue weighted by molar-refractivity contribution is 0.0984. The second-order valence-corrected chi connectivity index (χ2v) is 7.98. The standard InChI is InChI=1S/C25H24ClN3O2/c1-16-6-3-4-7-19(16)24(30)28-18-11-9-17(10-12-18)25(31)29-15-5-8-20-22(29)14-13-21(26)23(20)27-2/h3-4,6-7,9-14,27H,5,8,15H2,1-2H3,(H,28,30). The topological polar surface area (TPSA) is 61.4 Å². The number of halogens is 1. The molecular weight excluding hydrogens is 410 g/mol. The zero-order valence-electron chi connectivity index (χ0n) is 17.5. The fourth-order valence-corrected chi connectivity index (χ4v) is 4.28. The Morgan fingerprint density at radius 2 is 1.74 bits per heavy atom. The predicted molar refractivity (Wildman–Crippen MR) is 127 cm³/mol. The molecule has 0 aromatic heterocycles. The molecule has 3 aromatic carbocycles. The Morgan fingerprint density at radius 1 is 1.00 bits per heavy atom. The first kappa shape index (κ1) is 20.9. The molecule has 0 spiro atoms. The van der Waals surface area contributed by atoms with Crippen LogP contribution in [-0.4, -0.2) is 25.4 Å². The van der Waals surface area contributed by atoms with Gasteiger partial charge in [0.2, 0.25) is 0 Å². The molecule has 158 valence electrons. The Hall–Kier alpha value is -3.31. The highest BCUT2D eigenvalue weighted by Crippen LogP contribution is 2.38. The molecule has 0 fully saturated rings. The van der Waals surface area contributed by atoms with Crippen molar-refractivity contribution in [2.45, 2.75) is 19.8 Å². The summed E-state index contributed by atoms with van der Waals surface area (Å²) in [5.74, 6) is -0.235. The molecule has 0 unspecified atom stereocenters. The smallest absolute Gasteiger partial charge is 0.258 e. The molecule has 1 aliphatic heterocycles. The van der Waals surface area contributed by atoms with Crippen molar-refractivity contribution in [3.63, 3.8) is 0 Å². The summed E-state index contributed by atoms with van der Waals surface area (Å²) in [4.78, 5) is 27.6. The van der Waals surface area contributed by atoms with Crippen molar-refractivity contribution < 1.29 is 9.59 Å². The van der Waals surface area contributed by atoms with Crippen LogP contribution in [0.25, 0.3) is 0 Å². The van der Waals surface area contributed by atoms with E-state index in [2.05, 4.69) is 10.6 Å². The van der Waals surface area contributed by atoms with Crippen LogP contribution in [0.2, 0.25) is 5.02 Å². The van der Waals surface area contributed by atoms with Crippen molar-refractivity contribution in [2.75, 3.05) is 29.1 Å². The summed E-state index contributed by atoms with van der Waals surface area (Å²) < 4.78 is 0. The average molecular weight is 434 g/mol. The Morgan fingerprint density at radius 3 is 2.45 bits per heavy atom. The summed E-state index contributed by atoms with van der Waals surface area (Å²) in [5.41, 5.74) is 5.60.